The second kappa shape index (κ2) is 8.29. The molecule has 22 heavy (non-hydrogen) atoms. The summed E-state index contributed by atoms with van der Waals surface area (Å²) >= 11 is 0. The number of carbonyl (C=O) groups is 1. The first-order valence-electron chi connectivity index (χ1n) is 9.14. The summed E-state index contributed by atoms with van der Waals surface area (Å²) in [6.07, 6.45) is 7.53. The van der Waals surface area contributed by atoms with Gasteiger partial charge in [0.1, 0.15) is 5.78 Å². The van der Waals surface area contributed by atoms with Gasteiger partial charge in [-0.25, -0.2) is 0 Å². The van der Waals surface area contributed by atoms with Crippen LogP contribution in [0, 0.1) is 29.1 Å². The van der Waals surface area contributed by atoms with Gasteiger partial charge in [0.25, 0.3) is 0 Å². The highest BCUT2D eigenvalue weighted by Gasteiger charge is 2.47. The van der Waals surface area contributed by atoms with Crippen LogP contribution in [0.3, 0.4) is 0 Å². The van der Waals surface area contributed by atoms with E-state index in [1.165, 1.54) is 6.42 Å². The molecule has 0 spiro atoms. The lowest BCUT2D eigenvalue weighted by Gasteiger charge is -2.49. The van der Waals surface area contributed by atoms with Crippen LogP contribution in [0.4, 0.5) is 0 Å². The topological polar surface area (TPSA) is 37.3 Å². The van der Waals surface area contributed by atoms with E-state index in [2.05, 4.69) is 27.4 Å². The molecule has 1 fully saturated rings. The molecular weight excluding hydrogens is 272 g/mol. The smallest absolute Gasteiger partial charge is 0.136 e. The van der Waals surface area contributed by atoms with Crippen LogP contribution in [-0.2, 0) is 4.79 Å². The molecule has 0 saturated heterocycles. The third kappa shape index (κ3) is 4.22. The summed E-state index contributed by atoms with van der Waals surface area (Å²) in [5.41, 5.74) is 0.0798. The van der Waals surface area contributed by atoms with Crippen molar-refractivity contribution in [2.45, 2.75) is 79.2 Å². The molecule has 0 aromatic rings. The van der Waals surface area contributed by atoms with Crippen LogP contribution in [0.2, 0.25) is 0 Å². The zero-order valence-electron chi connectivity index (χ0n) is 15.3. The third-order valence-corrected chi connectivity index (χ3v) is 6.22. The molecule has 2 nitrogen and oxygen atoms in total. The lowest BCUT2D eigenvalue weighted by Crippen LogP contribution is -2.45. The second-order valence-corrected chi connectivity index (χ2v) is 7.72. The van der Waals surface area contributed by atoms with Crippen LogP contribution in [0.25, 0.3) is 0 Å². The molecule has 0 bridgehead atoms. The fourth-order valence-corrected chi connectivity index (χ4v) is 4.59. The average Bonchev–Trinajstić information content (AvgIpc) is 2.49. The van der Waals surface area contributed by atoms with E-state index in [4.69, 9.17) is 0 Å². The minimum atomic E-state index is -0.356. The minimum Gasteiger partial charge on any atom is -0.393 e. The van der Waals surface area contributed by atoms with Crippen LogP contribution in [0.1, 0.15) is 73.1 Å². The van der Waals surface area contributed by atoms with Crippen molar-refractivity contribution in [3.8, 4) is 0 Å². The summed E-state index contributed by atoms with van der Waals surface area (Å²) < 4.78 is 0. The van der Waals surface area contributed by atoms with Crippen LogP contribution >= 0.6 is 0 Å². The highest BCUT2D eigenvalue weighted by molar-refractivity contribution is 5.82. The monoisotopic (exact) mass is 308 g/mol. The van der Waals surface area contributed by atoms with E-state index < -0.39 is 0 Å². The van der Waals surface area contributed by atoms with E-state index in [0.29, 0.717) is 24.0 Å². The predicted molar refractivity (Wildman–Crippen MR) is 93.7 cm³/mol. The van der Waals surface area contributed by atoms with Gasteiger partial charge >= 0.3 is 0 Å². The van der Waals surface area contributed by atoms with Gasteiger partial charge in [-0.1, -0.05) is 40.2 Å². The number of aliphatic hydroxyl groups is 1. The van der Waals surface area contributed by atoms with Gasteiger partial charge in [-0.3, -0.25) is 4.79 Å². The Morgan fingerprint density at radius 2 is 2.09 bits per heavy atom. The summed E-state index contributed by atoms with van der Waals surface area (Å²) in [7, 11) is 0. The first kappa shape index (κ1) is 19.4. The molecule has 128 valence electrons. The van der Waals surface area contributed by atoms with Crippen molar-refractivity contribution in [3.63, 3.8) is 0 Å². The van der Waals surface area contributed by atoms with Crippen molar-refractivity contribution in [2.24, 2.45) is 29.1 Å². The van der Waals surface area contributed by atoms with Gasteiger partial charge in [0.2, 0.25) is 0 Å². The van der Waals surface area contributed by atoms with Crippen molar-refractivity contribution < 1.29 is 9.90 Å². The van der Waals surface area contributed by atoms with Crippen LogP contribution in [0.15, 0.2) is 12.7 Å². The maximum atomic E-state index is 12.7. The van der Waals surface area contributed by atoms with Gasteiger partial charge in [0, 0.05) is 18.3 Å². The molecule has 2 heteroatoms. The number of hydrogen-bond acceptors (Lipinski definition) is 2. The lowest BCUT2D eigenvalue weighted by molar-refractivity contribution is -0.134. The van der Waals surface area contributed by atoms with E-state index in [0.717, 1.165) is 25.7 Å². The average molecular weight is 309 g/mol. The summed E-state index contributed by atoms with van der Waals surface area (Å²) in [5.74, 6) is 1.91. The van der Waals surface area contributed by atoms with E-state index in [1.54, 1.807) is 0 Å². The Kier molecular flexibility index (Phi) is 7.31. The molecule has 6 unspecified atom stereocenters. The van der Waals surface area contributed by atoms with Crippen LogP contribution in [0.5, 0.6) is 0 Å². The fourth-order valence-electron chi connectivity index (χ4n) is 4.59. The molecule has 1 N–H and O–H groups in total. The van der Waals surface area contributed by atoms with E-state index >= 15 is 0 Å². The number of Topliss-reactive ketones (excluding diaryl/α,β-unsaturated/α-hetero) is 1. The first-order chi connectivity index (χ1) is 10.3. The van der Waals surface area contributed by atoms with Crippen molar-refractivity contribution in [1.29, 1.82) is 0 Å². The highest BCUT2D eigenvalue weighted by Crippen LogP contribution is 2.51. The molecule has 6 atom stereocenters. The summed E-state index contributed by atoms with van der Waals surface area (Å²) in [6.45, 7) is 14.5. The Morgan fingerprint density at radius 3 is 2.55 bits per heavy atom. The Bertz CT molecular complexity index is 374. The first-order valence-corrected chi connectivity index (χ1v) is 9.14. The van der Waals surface area contributed by atoms with E-state index in [-0.39, 0.29) is 23.4 Å². The summed E-state index contributed by atoms with van der Waals surface area (Å²) in [5, 5.41) is 9.85. The number of carbonyl (C=O) groups excluding carboxylic acids is 1. The van der Waals surface area contributed by atoms with Crippen LogP contribution in [-0.4, -0.2) is 17.0 Å². The zero-order valence-corrected chi connectivity index (χ0v) is 15.3. The molecule has 1 saturated carbocycles. The maximum absolute atomic E-state index is 12.7. The molecule has 0 amide bonds. The largest absolute Gasteiger partial charge is 0.393 e. The maximum Gasteiger partial charge on any atom is 0.136 e. The van der Waals surface area contributed by atoms with Gasteiger partial charge < -0.3 is 5.11 Å². The molecule has 0 radical (unpaired) electrons. The van der Waals surface area contributed by atoms with Gasteiger partial charge in [0.15, 0.2) is 0 Å². The second-order valence-electron chi connectivity index (χ2n) is 7.72. The number of aliphatic hydroxyl groups excluding tert-OH is 1. The molecule has 0 aromatic carbocycles. The van der Waals surface area contributed by atoms with Gasteiger partial charge in [-0.05, 0) is 49.9 Å². The summed E-state index contributed by atoms with van der Waals surface area (Å²) in [6, 6.07) is 0. The van der Waals surface area contributed by atoms with Crippen molar-refractivity contribution in [1.82, 2.24) is 0 Å². The molecule has 0 aliphatic heterocycles. The normalized spacial score (nSPS) is 34.9. The van der Waals surface area contributed by atoms with Gasteiger partial charge in [-0.15, -0.1) is 6.58 Å². The molecule has 1 aliphatic carbocycles. The standard InChI is InChI=1S/C20H36O2/c1-7-16(15(5)21)11-13-20(6)12-10-14(4)17(8-2)19(20)18(22)9-3/h7,14-17,19,21H,1,8-13H2,2-6H3. The molecular formula is C20H36O2. The van der Waals surface area contributed by atoms with Gasteiger partial charge in [0.05, 0.1) is 6.10 Å². The van der Waals surface area contributed by atoms with Gasteiger partial charge in [-0.2, -0.15) is 0 Å². The zero-order chi connectivity index (χ0) is 16.9. The Hall–Kier alpha value is -0.630. The number of ketones is 1. The Labute approximate surface area is 137 Å². The molecule has 0 aromatic heterocycles. The number of rotatable bonds is 8. The van der Waals surface area contributed by atoms with E-state index in [9.17, 15) is 9.90 Å². The molecule has 0 heterocycles. The third-order valence-electron chi connectivity index (χ3n) is 6.22. The molecule has 1 aliphatic rings. The number of hydrogen-bond donors (Lipinski definition) is 1. The quantitative estimate of drug-likeness (QED) is 0.640. The molecule has 1 rings (SSSR count). The fraction of sp³-hybridized carbons (Fsp3) is 0.850. The van der Waals surface area contributed by atoms with E-state index in [1.807, 2.05) is 19.9 Å². The van der Waals surface area contributed by atoms with Crippen molar-refractivity contribution in [3.05, 3.63) is 12.7 Å². The lowest BCUT2D eigenvalue weighted by atomic mass is 9.55. The van der Waals surface area contributed by atoms with Crippen LogP contribution < -0.4 is 0 Å². The highest BCUT2D eigenvalue weighted by atomic mass is 16.3. The SMILES string of the molecule is C=CC(CCC1(C)CCC(C)C(CC)C1C(=O)CC)C(C)O. The Balaban J connectivity index is 2.95. The minimum absolute atomic E-state index is 0.0798. The van der Waals surface area contributed by atoms with Crippen molar-refractivity contribution in [2.75, 3.05) is 0 Å². The predicted octanol–water partition coefficient (Wildman–Crippen LogP) is 5.01. The Morgan fingerprint density at radius 1 is 1.45 bits per heavy atom. The summed E-state index contributed by atoms with van der Waals surface area (Å²) in [4.78, 5) is 12.7. The van der Waals surface area contributed by atoms with Crippen molar-refractivity contribution >= 4 is 5.78 Å².